The van der Waals surface area contributed by atoms with E-state index >= 15 is 0 Å². The molecule has 5 heteroatoms. The Morgan fingerprint density at radius 2 is 2.04 bits per heavy atom. The summed E-state index contributed by atoms with van der Waals surface area (Å²) >= 11 is 0. The average molecular weight is 338 g/mol. The van der Waals surface area contributed by atoms with Crippen molar-refractivity contribution in [2.45, 2.75) is 44.8 Å². The van der Waals surface area contributed by atoms with E-state index in [9.17, 15) is 15.3 Å². The smallest absolute Gasteiger partial charge is 0.201 e. The Kier molecular flexibility index (Phi) is 2.63. The standard InChI is InChI=1S/C20H22N2O3/c1-9(23)14-18(24)17-16-11-8-21-13-6-4-5-10(15(11)13)7-12(16)20(2,3)22(17)19(14)25/h4-6,8-9,12,16,21,23-25H,7H2,1-3H3/t9?,12-,16+/m1/s1. The molecule has 3 heterocycles. The van der Waals surface area contributed by atoms with E-state index in [4.69, 9.17) is 0 Å². The minimum absolute atomic E-state index is 0.00273. The van der Waals surface area contributed by atoms with Crippen LogP contribution in [0.25, 0.3) is 10.9 Å². The van der Waals surface area contributed by atoms with Gasteiger partial charge in [0.25, 0.3) is 0 Å². The summed E-state index contributed by atoms with van der Waals surface area (Å²) in [6.07, 6.45) is 2.00. The van der Waals surface area contributed by atoms with Crippen LogP contribution in [0.3, 0.4) is 0 Å². The van der Waals surface area contributed by atoms with Crippen LogP contribution in [0.5, 0.6) is 11.6 Å². The Morgan fingerprint density at radius 3 is 2.76 bits per heavy atom. The predicted octanol–water partition coefficient (Wildman–Crippen LogP) is 3.49. The van der Waals surface area contributed by atoms with Crippen LogP contribution in [0.15, 0.2) is 24.4 Å². The Balaban J connectivity index is 1.86. The zero-order valence-corrected chi connectivity index (χ0v) is 14.5. The third-order valence-electron chi connectivity index (χ3n) is 6.39. The fourth-order valence-corrected chi connectivity index (χ4v) is 5.28. The molecule has 4 N–H and O–H groups in total. The molecule has 130 valence electrons. The quantitative estimate of drug-likeness (QED) is 0.548. The summed E-state index contributed by atoms with van der Waals surface area (Å²) in [5, 5.41) is 32.9. The van der Waals surface area contributed by atoms with E-state index in [1.54, 1.807) is 6.92 Å². The van der Waals surface area contributed by atoms with Crippen molar-refractivity contribution in [1.29, 1.82) is 0 Å². The summed E-state index contributed by atoms with van der Waals surface area (Å²) < 4.78 is 1.84. The second-order valence-electron chi connectivity index (χ2n) is 8.01. The first kappa shape index (κ1) is 14.9. The summed E-state index contributed by atoms with van der Waals surface area (Å²) in [6.45, 7) is 5.77. The van der Waals surface area contributed by atoms with Crippen molar-refractivity contribution >= 4 is 10.9 Å². The third kappa shape index (κ3) is 1.57. The van der Waals surface area contributed by atoms with Gasteiger partial charge in [-0.15, -0.1) is 0 Å². The molecule has 0 radical (unpaired) electrons. The summed E-state index contributed by atoms with van der Waals surface area (Å²) in [6, 6.07) is 6.31. The van der Waals surface area contributed by atoms with Crippen LogP contribution in [0.2, 0.25) is 0 Å². The van der Waals surface area contributed by atoms with Gasteiger partial charge in [-0.3, -0.25) is 0 Å². The van der Waals surface area contributed by atoms with E-state index in [0.29, 0.717) is 0 Å². The number of aromatic amines is 1. The number of hydrogen-bond acceptors (Lipinski definition) is 3. The number of H-pyrrole nitrogens is 1. The van der Waals surface area contributed by atoms with E-state index in [-0.39, 0.29) is 34.6 Å². The number of aliphatic hydroxyl groups excluding tert-OH is 1. The number of benzene rings is 1. The maximum Gasteiger partial charge on any atom is 0.201 e. The lowest BCUT2D eigenvalue weighted by molar-refractivity contribution is 0.182. The van der Waals surface area contributed by atoms with Crippen molar-refractivity contribution in [3.63, 3.8) is 0 Å². The van der Waals surface area contributed by atoms with Crippen LogP contribution in [0.4, 0.5) is 0 Å². The number of aliphatic hydroxyl groups is 1. The monoisotopic (exact) mass is 338 g/mol. The molecule has 0 saturated carbocycles. The molecule has 2 aliphatic rings. The fourth-order valence-electron chi connectivity index (χ4n) is 5.28. The number of rotatable bonds is 1. The zero-order valence-electron chi connectivity index (χ0n) is 14.5. The molecule has 2 aromatic heterocycles. The maximum absolute atomic E-state index is 10.9. The lowest BCUT2D eigenvalue weighted by Gasteiger charge is -2.35. The number of aromatic hydroxyl groups is 2. The molecular weight excluding hydrogens is 316 g/mol. The first-order valence-corrected chi connectivity index (χ1v) is 8.77. The Hall–Kier alpha value is -2.40. The Labute approximate surface area is 145 Å². The normalized spacial score (nSPS) is 24.3. The average Bonchev–Trinajstić information content (AvgIpc) is 3.14. The van der Waals surface area contributed by atoms with Crippen molar-refractivity contribution in [3.8, 4) is 11.6 Å². The molecule has 1 unspecified atom stereocenters. The molecule has 1 aromatic carbocycles. The lowest BCUT2D eigenvalue weighted by Crippen LogP contribution is -2.34. The molecular formula is C20H22N2O3. The molecule has 1 aliphatic heterocycles. The van der Waals surface area contributed by atoms with E-state index < -0.39 is 6.10 Å². The van der Waals surface area contributed by atoms with Crippen LogP contribution < -0.4 is 0 Å². The van der Waals surface area contributed by atoms with Gasteiger partial charge in [-0.1, -0.05) is 12.1 Å². The second-order valence-corrected chi connectivity index (χ2v) is 8.01. The Bertz CT molecular complexity index is 1030. The molecule has 0 fully saturated rings. The lowest BCUT2D eigenvalue weighted by atomic mass is 9.69. The van der Waals surface area contributed by atoms with Crippen LogP contribution in [0.1, 0.15) is 55.2 Å². The van der Waals surface area contributed by atoms with Gasteiger partial charge < -0.3 is 24.9 Å². The van der Waals surface area contributed by atoms with Crippen molar-refractivity contribution in [2.75, 3.05) is 0 Å². The third-order valence-corrected chi connectivity index (χ3v) is 6.39. The number of hydrogen-bond donors (Lipinski definition) is 4. The maximum atomic E-state index is 10.9. The number of fused-ring (bicyclic) bond motifs is 4. The summed E-state index contributed by atoms with van der Waals surface area (Å²) in [4.78, 5) is 3.35. The fraction of sp³-hybridized carbons (Fsp3) is 0.400. The SMILES string of the molecule is CC(O)c1c(O)c2n(c1O)C(C)(C)[C@@H]1Cc3cccc4[nH]cc(c34)[C@H]21. The molecule has 5 nitrogen and oxygen atoms in total. The number of nitrogens with one attached hydrogen (secondary N) is 1. The van der Waals surface area contributed by atoms with E-state index in [1.807, 2.05) is 10.8 Å². The molecule has 3 aromatic rings. The first-order chi connectivity index (χ1) is 11.8. The summed E-state index contributed by atoms with van der Waals surface area (Å²) in [5.41, 5.74) is 4.16. The van der Waals surface area contributed by atoms with E-state index in [2.05, 4.69) is 37.0 Å². The highest BCUT2D eigenvalue weighted by molar-refractivity contribution is 5.89. The Morgan fingerprint density at radius 1 is 1.28 bits per heavy atom. The molecule has 5 rings (SSSR count). The predicted molar refractivity (Wildman–Crippen MR) is 95.1 cm³/mol. The van der Waals surface area contributed by atoms with Crippen molar-refractivity contribution < 1.29 is 15.3 Å². The van der Waals surface area contributed by atoms with Crippen LogP contribution in [-0.4, -0.2) is 24.9 Å². The van der Waals surface area contributed by atoms with Crippen LogP contribution >= 0.6 is 0 Å². The van der Waals surface area contributed by atoms with Gasteiger partial charge in [0, 0.05) is 28.6 Å². The molecule has 25 heavy (non-hydrogen) atoms. The largest absolute Gasteiger partial charge is 0.505 e. The molecule has 0 spiro atoms. The first-order valence-electron chi connectivity index (χ1n) is 8.77. The molecule has 0 amide bonds. The van der Waals surface area contributed by atoms with Gasteiger partial charge in [-0.2, -0.15) is 0 Å². The van der Waals surface area contributed by atoms with Gasteiger partial charge in [0.15, 0.2) is 0 Å². The van der Waals surface area contributed by atoms with Crippen molar-refractivity contribution in [1.82, 2.24) is 9.55 Å². The van der Waals surface area contributed by atoms with Crippen molar-refractivity contribution in [2.24, 2.45) is 5.92 Å². The molecule has 0 saturated heterocycles. The van der Waals surface area contributed by atoms with E-state index in [0.717, 1.165) is 17.6 Å². The topological polar surface area (TPSA) is 81.4 Å². The van der Waals surface area contributed by atoms with Gasteiger partial charge in [0.05, 0.1) is 17.4 Å². The second kappa shape index (κ2) is 4.41. The highest BCUT2D eigenvalue weighted by Gasteiger charge is 2.53. The van der Waals surface area contributed by atoms with Gasteiger partial charge in [-0.25, -0.2) is 0 Å². The molecule has 3 atom stereocenters. The van der Waals surface area contributed by atoms with Crippen molar-refractivity contribution in [3.05, 3.63) is 46.8 Å². The van der Waals surface area contributed by atoms with Gasteiger partial charge in [0.1, 0.15) is 5.75 Å². The van der Waals surface area contributed by atoms with Gasteiger partial charge in [0.2, 0.25) is 5.88 Å². The molecule has 0 bridgehead atoms. The number of aromatic nitrogens is 2. The highest BCUT2D eigenvalue weighted by atomic mass is 16.3. The minimum Gasteiger partial charge on any atom is -0.505 e. The highest BCUT2D eigenvalue weighted by Crippen LogP contribution is 2.60. The minimum atomic E-state index is -0.922. The molecule has 1 aliphatic carbocycles. The van der Waals surface area contributed by atoms with Gasteiger partial charge in [-0.05, 0) is 50.3 Å². The zero-order chi connectivity index (χ0) is 17.7. The summed E-state index contributed by atoms with van der Waals surface area (Å²) in [5.74, 6) is 0.243. The van der Waals surface area contributed by atoms with Crippen LogP contribution in [0, 0.1) is 5.92 Å². The summed E-state index contributed by atoms with van der Waals surface area (Å²) in [7, 11) is 0. The number of nitrogens with zero attached hydrogens (tertiary/aromatic N) is 1. The van der Waals surface area contributed by atoms with Crippen LogP contribution in [-0.2, 0) is 12.0 Å². The van der Waals surface area contributed by atoms with Gasteiger partial charge >= 0.3 is 0 Å². The van der Waals surface area contributed by atoms with E-state index in [1.165, 1.54) is 16.5 Å².